The van der Waals surface area contributed by atoms with Gasteiger partial charge in [0.15, 0.2) is 0 Å². The molecule has 1 aromatic rings. The zero-order chi connectivity index (χ0) is 12.3. The maximum Gasteiger partial charge on any atom is 0.269 e. The van der Waals surface area contributed by atoms with Crippen LogP contribution in [0.1, 0.15) is 12.0 Å². The second kappa shape index (κ2) is 5.25. The van der Waals surface area contributed by atoms with Crippen molar-refractivity contribution in [3.8, 4) is 0 Å². The molecule has 0 spiro atoms. The van der Waals surface area contributed by atoms with Crippen molar-refractivity contribution in [3.05, 3.63) is 39.9 Å². The number of hydrogen-bond acceptors (Lipinski definition) is 4. The van der Waals surface area contributed by atoms with E-state index < -0.39 is 0 Å². The van der Waals surface area contributed by atoms with E-state index in [0.29, 0.717) is 5.92 Å². The number of rotatable bonds is 4. The minimum absolute atomic E-state index is 0.148. The molecule has 0 amide bonds. The van der Waals surface area contributed by atoms with Crippen molar-refractivity contribution in [1.82, 2.24) is 4.90 Å². The van der Waals surface area contributed by atoms with E-state index in [2.05, 4.69) is 4.90 Å². The highest BCUT2D eigenvalue weighted by Crippen LogP contribution is 2.19. The molecular weight excluding hydrogens is 218 g/mol. The van der Waals surface area contributed by atoms with Gasteiger partial charge in [0.25, 0.3) is 5.69 Å². The fraction of sp³-hybridized carbons (Fsp3) is 0.500. The van der Waals surface area contributed by atoms with Crippen LogP contribution in [0.15, 0.2) is 24.3 Å². The van der Waals surface area contributed by atoms with Crippen molar-refractivity contribution in [1.29, 1.82) is 0 Å². The van der Waals surface area contributed by atoms with E-state index in [0.717, 1.165) is 38.2 Å². The van der Waals surface area contributed by atoms with Crippen molar-refractivity contribution in [3.63, 3.8) is 0 Å². The third-order valence-electron chi connectivity index (χ3n) is 3.26. The number of nitrogens with two attached hydrogens (primary N) is 1. The van der Waals surface area contributed by atoms with Crippen LogP contribution >= 0.6 is 0 Å². The van der Waals surface area contributed by atoms with Crippen LogP contribution in [0, 0.1) is 16.0 Å². The molecule has 1 saturated heterocycles. The summed E-state index contributed by atoms with van der Waals surface area (Å²) < 4.78 is 0. The van der Waals surface area contributed by atoms with Gasteiger partial charge >= 0.3 is 0 Å². The van der Waals surface area contributed by atoms with Crippen molar-refractivity contribution in [2.75, 3.05) is 19.6 Å². The average Bonchev–Trinajstić information content (AvgIpc) is 2.77. The molecule has 0 aliphatic carbocycles. The second-order valence-electron chi connectivity index (χ2n) is 4.55. The van der Waals surface area contributed by atoms with Crippen LogP contribution in [0.4, 0.5) is 5.69 Å². The predicted molar refractivity (Wildman–Crippen MR) is 65.5 cm³/mol. The first kappa shape index (κ1) is 12.0. The van der Waals surface area contributed by atoms with Crippen LogP contribution in [0.25, 0.3) is 0 Å². The molecule has 0 saturated carbocycles. The predicted octanol–water partition coefficient (Wildman–Crippen LogP) is 1.38. The molecule has 2 rings (SSSR count). The first-order valence-electron chi connectivity index (χ1n) is 5.85. The summed E-state index contributed by atoms with van der Waals surface area (Å²) >= 11 is 0. The summed E-state index contributed by atoms with van der Waals surface area (Å²) in [5.74, 6) is 0.605. The van der Waals surface area contributed by atoms with Gasteiger partial charge in [-0.2, -0.15) is 0 Å². The number of non-ortho nitro benzene ring substituents is 1. The van der Waals surface area contributed by atoms with Gasteiger partial charge in [0.05, 0.1) is 4.92 Å². The Labute approximate surface area is 100 Å². The molecule has 1 aromatic carbocycles. The second-order valence-corrected chi connectivity index (χ2v) is 4.55. The van der Waals surface area contributed by atoms with Gasteiger partial charge in [-0.3, -0.25) is 15.0 Å². The summed E-state index contributed by atoms with van der Waals surface area (Å²) in [5.41, 5.74) is 6.91. The lowest BCUT2D eigenvalue weighted by atomic mass is 10.1. The number of likely N-dealkylation sites (tertiary alicyclic amines) is 1. The molecule has 1 atom stereocenters. The molecule has 5 heteroatoms. The minimum Gasteiger partial charge on any atom is -0.330 e. The van der Waals surface area contributed by atoms with Crippen LogP contribution in [0.2, 0.25) is 0 Å². The van der Waals surface area contributed by atoms with Gasteiger partial charge in [0.1, 0.15) is 0 Å². The highest BCUT2D eigenvalue weighted by atomic mass is 16.6. The lowest BCUT2D eigenvalue weighted by Gasteiger charge is -2.15. The maximum atomic E-state index is 10.5. The molecule has 5 nitrogen and oxygen atoms in total. The number of benzene rings is 1. The van der Waals surface area contributed by atoms with Crippen molar-refractivity contribution < 1.29 is 4.92 Å². The fourth-order valence-corrected chi connectivity index (χ4v) is 2.23. The van der Waals surface area contributed by atoms with Crippen molar-refractivity contribution in [2.24, 2.45) is 11.7 Å². The molecule has 1 unspecified atom stereocenters. The summed E-state index contributed by atoms with van der Waals surface area (Å²) in [6, 6.07) is 6.78. The number of nitrogens with zero attached hydrogens (tertiary/aromatic N) is 2. The zero-order valence-electron chi connectivity index (χ0n) is 9.71. The van der Waals surface area contributed by atoms with Crippen LogP contribution in [0.5, 0.6) is 0 Å². The molecule has 17 heavy (non-hydrogen) atoms. The SMILES string of the molecule is NCC1CCN(Cc2ccc([N+](=O)[O-])cc2)C1. The van der Waals surface area contributed by atoms with Crippen LogP contribution in [-0.4, -0.2) is 29.5 Å². The van der Waals surface area contributed by atoms with Gasteiger partial charge in [0.2, 0.25) is 0 Å². The monoisotopic (exact) mass is 235 g/mol. The molecule has 92 valence electrons. The van der Waals surface area contributed by atoms with E-state index in [1.807, 2.05) is 12.1 Å². The first-order valence-corrected chi connectivity index (χ1v) is 5.85. The smallest absolute Gasteiger partial charge is 0.269 e. The Balaban J connectivity index is 1.93. The number of nitro groups is 1. The Morgan fingerprint density at radius 1 is 1.41 bits per heavy atom. The van der Waals surface area contributed by atoms with Gasteiger partial charge < -0.3 is 5.73 Å². The molecular formula is C12H17N3O2. The fourth-order valence-electron chi connectivity index (χ4n) is 2.23. The lowest BCUT2D eigenvalue weighted by molar-refractivity contribution is -0.384. The minimum atomic E-state index is -0.371. The van der Waals surface area contributed by atoms with Gasteiger partial charge in [0, 0.05) is 25.2 Å². The molecule has 2 N–H and O–H groups in total. The van der Waals surface area contributed by atoms with Crippen molar-refractivity contribution in [2.45, 2.75) is 13.0 Å². The standard InChI is InChI=1S/C12H17N3O2/c13-7-11-5-6-14(9-11)8-10-1-3-12(4-2-10)15(16)17/h1-4,11H,5-9,13H2. The van der Waals surface area contributed by atoms with Gasteiger partial charge in [-0.1, -0.05) is 12.1 Å². The molecule has 1 fully saturated rings. The molecule has 0 aromatic heterocycles. The lowest BCUT2D eigenvalue weighted by Crippen LogP contribution is -2.22. The zero-order valence-corrected chi connectivity index (χ0v) is 9.71. The Morgan fingerprint density at radius 2 is 2.12 bits per heavy atom. The normalized spacial score (nSPS) is 20.6. The van der Waals surface area contributed by atoms with Gasteiger partial charge in [-0.05, 0) is 31.0 Å². The highest BCUT2D eigenvalue weighted by molar-refractivity contribution is 5.32. The number of hydrogen-bond donors (Lipinski definition) is 1. The van der Waals surface area contributed by atoms with Crippen LogP contribution < -0.4 is 5.73 Å². The van der Waals surface area contributed by atoms with E-state index in [1.165, 1.54) is 0 Å². The molecule has 1 aliphatic heterocycles. The maximum absolute atomic E-state index is 10.5. The largest absolute Gasteiger partial charge is 0.330 e. The molecule has 1 heterocycles. The summed E-state index contributed by atoms with van der Waals surface area (Å²) in [5, 5.41) is 10.5. The highest BCUT2D eigenvalue weighted by Gasteiger charge is 2.21. The summed E-state index contributed by atoms with van der Waals surface area (Å²) in [7, 11) is 0. The number of nitro benzene ring substituents is 1. The van der Waals surface area contributed by atoms with Crippen molar-refractivity contribution >= 4 is 5.69 Å². The summed E-state index contributed by atoms with van der Waals surface area (Å²) in [6.07, 6.45) is 1.16. The Bertz CT molecular complexity index is 391. The molecule has 1 aliphatic rings. The van der Waals surface area contributed by atoms with E-state index >= 15 is 0 Å². The molecule has 0 radical (unpaired) electrons. The van der Waals surface area contributed by atoms with E-state index in [-0.39, 0.29) is 10.6 Å². The Hall–Kier alpha value is -1.46. The quantitative estimate of drug-likeness (QED) is 0.632. The Kier molecular flexibility index (Phi) is 3.71. The Morgan fingerprint density at radius 3 is 2.65 bits per heavy atom. The van der Waals surface area contributed by atoms with E-state index in [9.17, 15) is 10.1 Å². The third-order valence-corrected chi connectivity index (χ3v) is 3.26. The average molecular weight is 235 g/mol. The van der Waals surface area contributed by atoms with E-state index in [1.54, 1.807) is 12.1 Å². The van der Waals surface area contributed by atoms with Crippen LogP contribution in [0.3, 0.4) is 0 Å². The van der Waals surface area contributed by atoms with Gasteiger partial charge in [-0.15, -0.1) is 0 Å². The topological polar surface area (TPSA) is 72.4 Å². The van der Waals surface area contributed by atoms with Crippen LogP contribution in [-0.2, 0) is 6.54 Å². The summed E-state index contributed by atoms with van der Waals surface area (Å²) in [4.78, 5) is 12.5. The summed E-state index contributed by atoms with van der Waals surface area (Å²) in [6.45, 7) is 3.71. The third kappa shape index (κ3) is 3.01. The molecule has 0 bridgehead atoms. The van der Waals surface area contributed by atoms with Gasteiger partial charge in [-0.25, -0.2) is 0 Å². The van der Waals surface area contributed by atoms with E-state index in [4.69, 9.17) is 5.73 Å². The first-order chi connectivity index (χ1) is 8.19.